The zero-order valence-corrected chi connectivity index (χ0v) is 10.4. The normalized spacial score (nSPS) is 10.2. The lowest BCUT2D eigenvalue weighted by Gasteiger charge is -2.20. The van der Waals surface area contributed by atoms with Crippen LogP contribution in [0.5, 0.6) is 0 Å². The van der Waals surface area contributed by atoms with E-state index in [2.05, 4.69) is 0 Å². The van der Waals surface area contributed by atoms with Crippen LogP contribution in [0.3, 0.4) is 0 Å². The van der Waals surface area contributed by atoms with E-state index in [1.165, 1.54) is 0 Å². The van der Waals surface area contributed by atoms with Crippen molar-refractivity contribution in [1.29, 1.82) is 0 Å². The standard InChI is InChI=1S/C12H17ClN2O/c1-3-7-15(4-2)12(16)10-6-5-9(14)8-11(10)13/h5-6,8H,3-4,7,14H2,1-2H3. The summed E-state index contributed by atoms with van der Waals surface area (Å²) >= 11 is 6.00. The maximum atomic E-state index is 12.1. The van der Waals surface area contributed by atoms with E-state index in [0.717, 1.165) is 13.0 Å². The SMILES string of the molecule is CCCN(CC)C(=O)c1ccc(N)cc1Cl. The zero-order valence-electron chi connectivity index (χ0n) is 9.66. The molecule has 0 aromatic heterocycles. The highest BCUT2D eigenvalue weighted by molar-refractivity contribution is 6.34. The largest absolute Gasteiger partial charge is 0.399 e. The van der Waals surface area contributed by atoms with Gasteiger partial charge in [-0.1, -0.05) is 18.5 Å². The summed E-state index contributed by atoms with van der Waals surface area (Å²) in [6, 6.07) is 4.98. The Morgan fingerprint density at radius 1 is 1.44 bits per heavy atom. The third-order valence-corrected chi connectivity index (χ3v) is 2.70. The second-order valence-electron chi connectivity index (χ2n) is 3.62. The van der Waals surface area contributed by atoms with Crippen molar-refractivity contribution in [1.82, 2.24) is 4.90 Å². The van der Waals surface area contributed by atoms with E-state index in [-0.39, 0.29) is 5.91 Å². The van der Waals surface area contributed by atoms with Gasteiger partial charge >= 0.3 is 0 Å². The maximum absolute atomic E-state index is 12.1. The van der Waals surface area contributed by atoms with Crippen LogP contribution >= 0.6 is 11.6 Å². The number of halogens is 1. The second-order valence-corrected chi connectivity index (χ2v) is 4.03. The van der Waals surface area contributed by atoms with Crippen molar-refractivity contribution < 1.29 is 4.79 Å². The van der Waals surface area contributed by atoms with Gasteiger partial charge in [0.15, 0.2) is 0 Å². The van der Waals surface area contributed by atoms with Crippen molar-refractivity contribution in [2.45, 2.75) is 20.3 Å². The molecule has 0 fully saturated rings. The summed E-state index contributed by atoms with van der Waals surface area (Å²) in [5.41, 5.74) is 6.67. The molecule has 0 aliphatic heterocycles. The van der Waals surface area contributed by atoms with Gasteiger partial charge in [0.05, 0.1) is 10.6 Å². The molecule has 1 amide bonds. The van der Waals surface area contributed by atoms with Gasteiger partial charge in [0.25, 0.3) is 5.91 Å². The van der Waals surface area contributed by atoms with Crippen molar-refractivity contribution in [2.24, 2.45) is 0 Å². The number of nitrogens with two attached hydrogens (primary N) is 1. The van der Waals surface area contributed by atoms with Crippen molar-refractivity contribution in [2.75, 3.05) is 18.8 Å². The summed E-state index contributed by atoms with van der Waals surface area (Å²) in [5, 5.41) is 0.416. The van der Waals surface area contributed by atoms with E-state index in [0.29, 0.717) is 22.8 Å². The average Bonchev–Trinajstić information content (AvgIpc) is 2.25. The quantitative estimate of drug-likeness (QED) is 0.823. The Balaban J connectivity index is 2.94. The molecule has 2 N–H and O–H groups in total. The van der Waals surface area contributed by atoms with Crippen LogP contribution in [-0.4, -0.2) is 23.9 Å². The molecule has 4 heteroatoms. The Kier molecular flexibility index (Phi) is 4.62. The number of amides is 1. The topological polar surface area (TPSA) is 46.3 Å². The molecule has 0 atom stereocenters. The predicted octanol–water partition coefficient (Wildman–Crippen LogP) is 2.79. The van der Waals surface area contributed by atoms with Gasteiger partial charge in [-0.2, -0.15) is 0 Å². The lowest BCUT2D eigenvalue weighted by atomic mass is 10.1. The molecule has 0 bridgehead atoms. The summed E-state index contributed by atoms with van der Waals surface area (Å²) in [4.78, 5) is 13.9. The molecule has 0 unspecified atom stereocenters. The van der Waals surface area contributed by atoms with E-state index in [4.69, 9.17) is 17.3 Å². The molecule has 3 nitrogen and oxygen atoms in total. The highest BCUT2D eigenvalue weighted by Gasteiger charge is 2.16. The van der Waals surface area contributed by atoms with E-state index in [9.17, 15) is 4.79 Å². The first-order chi connectivity index (χ1) is 7.60. The Labute approximate surface area is 101 Å². The number of carbonyl (C=O) groups is 1. The zero-order chi connectivity index (χ0) is 12.1. The van der Waals surface area contributed by atoms with Crippen LogP contribution < -0.4 is 5.73 Å². The number of nitrogens with zero attached hydrogens (tertiary/aromatic N) is 1. The molecule has 1 rings (SSSR count). The molecular weight excluding hydrogens is 224 g/mol. The Morgan fingerprint density at radius 3 is 2.62 bits per heavy atom. The van der Waals surface area contributed by atoms with Crippen LogP contribution in [-0.2, 0) is 0 Å². The van der Waals surface area contributed by atoms with Crippen molar-refractivity contribution in [3.05, 3.63) is 28.8 Å². The monoisotopic (exact) mass is 240 g/mol. The minimum atomic E-state index is -0.0330. The molecule has 0 saturated heterocycles. The molecule has 0 spiro atoms. The number of rotatable bonds is 4. The second kappa shape index (κ2) is 5.75. The predicted molar refractivity (Wildman–Crippen MR) is 67.7 cm³/mol. The summed E-state index contributed by atoms with van der Waals surface area (Å²) in [7, 11) is 0. The molecule has 1 aromatic carbocycles. The minimum Gasteiger partial charge on any atom is -0.399 e. The third-order valence-electron chi connectivity index (χ3n) is 2.39. The smallest absolute Gasteiger partial charge is 0.255 e. The van der Waals surface area contributed by atoms with E-state index in [1.54, 1.807) is 23.1 Å². The highest BCUT2D eigenvalue weighted by atomic mass is 35.5. The molecule has 0 saturated carbocycles. The fourth-order valence-electron chi connectivity index (χ4n) is 1.55. The number of nitrogen functional groups attached to an aromatic ring is 1. The highest BCUT2D eigenvalue weighted by Crippen LogP contribution is 2.20. The van der Waals surface area contributed by atoms with Gasteiger partial charge in [-0.15, -0.1) is 0 Å². The molecule has 0 heterocycles. The van der Waals surface area contributed by atoms with Gasteiger partial charge in [-0.3, -0.25) is 4.79 Å². The van der Waals surface area contributed by atoms with Crippen LogP contribution in [0.2, 0.25) is 5.02 Å². The first-order valence-electron chi connectivity index (χ1n) is 5.44. The maximum Gasteiger partial charge on any atom is 0.255 e. The fourth-order valence-corrected chi connectivity index (χ4v) is 1.82. The van der Waals surface area contributed by atoms with Crippen LogP contribution in [0.1, 0.15) is 30.6 Å². The van der Waals surface area contributed by atoms with E-state index >= 15 is 0 Å². The lowest BCUT2D eigenvalue weighted by Crippen LogP contribution is -2.31. The Hall–Kier alpha value is -1.22. The van der Waals surface area contributed by atoms with Gasteiger partial charge in [-0.05, 0) is 31.5 Å². The Morgan fingerprint density at radius 2 is 2.12 bits per heavy atom. The van der Waals surface area contributed by atoms with Gasteiger partial charge in [0.1, 0.15) is 0 Å². The summed E-state index contributed by atoms with van der Waals surface area (Å²) in [6.45, 7) is 5.43. The van der Waals surface area contributed by atoms with Crippen LogP contribution in [0.4, 0.5) is 5.69 Å². The van der Waals surface area contributed by atoms with Gasteiger partial charge in [0, 0.05) is 18.8 Å². The number of anilines is 1. The van der Waals surface area contributed by atoms with E-state index < -0.39 is 0 Å². The number of hydrogen-bond acceptors (Lipinski definition) is 2. The number of hydrogen-bond donors (Lipinski definition) is 1. The molecule has 0 aliphatic rings. The minimum absolute atomic E-state index is 0.0330. The van der Waals surface area contributed by atoms with Crippen LogP contribution in [0.15, 0.2) is 18.2 Å². The first kappa shape index (κ1) is 12.8. The fraction of sp³-hybridized carbons (Fsp3) is 0.417. The summed E-state index contributed by atoms with van der Waals surface area (Å²) < 4.78 is 0. The number of carbonyl (C=O) groups excluding carboxylic acids is 1. The molecule has 1 aromatic rings. The molecule has 0 aliphatic carbocycles. The third kappa shape index (κ3) is 2.89. The van der Waals surface area contributed by atoms with Gasteiger partial charge < -0.3 is 10.6 Å². The molecule has 88 valence electrons. The van der Waals surface area contributed by atoms with Crippen molar-refractivity contribution >= 4 is 23.2 Å². The van der Waals surface area contributed by atoms with Crippen molar-refractivity contribution in [3.8, 4) is 0 Å². The van der Waals surface area contributed by atoms with E-state index in [1.807, 2.05) is 13.8 Å². The lowest BCUT2D eigenvalue weighted by molar-refractivity contribution is 0.0764. The van der Waals surface area contributed by atoms with Crippen LogP contribution in [0, 0.1) is 0 Å². The summed E-state index contributed by atoms with van der Waals surface area (Å²) in [5.74, 6) is -0.0330. The van der Waals surface area contributed by atoms with Gasteiger partial charge in [0.2, 0.25) is 0 Å². The van der Waals surface area contributed by atoms with Gasteiger partial charge in [-0.25, -0.2) is 0 Å². The molecule has 16 heavy (non-hydrogen) atoms. The molecule has 0 radical (unpaired) electrons. The average molecular weight is 241 g/mol. The first-order valence-corrected chi connectivity index (χ1v) is 5.82. The Bertz CT molecular complexity index is 379. The number of benzene rings is 1. The van der Waals surface area contributed by atoms with Crippen LogP contribution in [0.25, 0.3) is 0 Å². The summed E-state index contributed by atoms with van der Waals surface area (Å²) in [6.07, 6.45) is 0.937. The molecular formula is C12H17ClN2O. The van der Waals surface area contributed by atoms with Crippen molar-refractivity contribution in [3.63, 3.8) is 0 Å².